The fraction of sp³-hybridized carbons (Fsp3) is 0.250. The monoisotopic (exact) mass is 213 g/mol. The maximum atomic E-state index is 10.8. The van der Waals surface area contributed by atoms with E-state index >= 15 is 0 Å². The molecule has 0 spiro atoms. The summed E-state index contributed by atoms with van der Waals surface area (Å²) in [6.45, 7) is 0. The van der Waals surface area contributed by atoms with E-state index in [1.54, 1.807) is 0 Å². The van der Waals surface area contributed by atoms with Gasteiger partial charge in [0.25, 0.3) is 0 Å². The highest BCUT2D eigenvalue weighted by Gasteiger charge is 2.26. The largest absolute Gasteiger partial charge is 0.478 e. The Kier molecular flexibility index (Phi) is 1.99. The summed E-state index contributed by atoms with van der Waals surface area (Å²) in [7, 11) is 0. The van der Waals surface area contributed by atoms with Gasteiger partial charge in [0, 0.05) is 11.4 Å². The van der Waals surface area contributed by atoms with Gasteiger partial charge in [-0.1, -0.05) is 0 Å². The molecule has 0 saturated carbocycles. The van der Waals surface area contributed by atoms with Gasteiger partial charge in [-0.2, -0.15) is 0 Å². The van der Waals surface area contributed by atoms with Crippen LogP contribution in [0.1, 0.15) is 26.5 Å². The van der Waals surface area contributed by atoms with Gasteiger partial charge in [0.15, 0.2) is 0 Å². The molecule has 2 rings (SSSR count). The third kappa shape index (κ3) is 1.19. The molecule has 1 aromatic rings. The topological polar surface area (TPSA) is 79.5 Å². The number of hydrogen-bond donors (Lipinski definition) is 2. The maximum Gasteiger partial charge on any atom is 0.352 e. The van der Waals surface area contributed by atoms with Crippen LogP contribution >= 0.6 is 11.8 Å². The second-order valence-electron chi connectivity index (χ2n) is 2.91. The zero-order valence-electron chi connectivity index (χ0n) is 7.06. The van der Waals surface area contributed by atoms with Crippen molar-refractivity contribution in [2.24, 2.45) is 0 Å². The summed E-state index contributed by atoms with van der Waals surface area (Å²) in [6.07, 6.45) is 0. The standard InChI is InChI=1S/C8H7NO4S/c10-7(11)4-1-5(8(12)13)9-3-14-2-6(4)9/h1H,2-3H2,(H,10,11)(H,12,13). The number of aromatic carboxylic acids is 2. The Morgan fingerprint density at radius 3 is 2.64 bits per heavy atom. The van der Waals surface area contributed by atoms with Gasteiger partial charge in [-0.25, -0.2) is 9.59 Å². The third-order valence-electron chi connectivity index (χ3n) is 2.12. The molecule has 0 radical (unpaired) electrons. The quantitative estimate of drug-likeness (QED) is 0.768. The van der Waals surface area contributed by atoms with Crippen molar-refractivity contribution in [2.45, 2.75) is 11.6 Å². The van der Waals surface area contributed by atoms with Crippen LogP contribution in [0.25, 0.3) is 0 Å². The van der Waals surface area contributed by atoms with Gasteiger partial charge in [0.1, 0.15) is 5.69 Å². The Bertz CT molecular complexity index is 387. The van der Waals surface area contributed by atoms with Gasteiger partial charge >= 0.3 is 11.9 Å². The van der Waals surface area contributed by atoms with Crippen LogP contribution in [0.2, 0.25) is 0 Å². The molecule has 0 aromatic carbocycles. The molecule has 0 amide bonds. The zero-order chi connectivity index (χ0) is 10.3. The average Bonchev–Trinajstić information content (AvgIpc) is 2.59. The number of aromatic nitrogens is 1. The summed E-state index contributed by atoms with van der Waals surface area (Å²) in [4.78, 5) is 21.6. The van der Waals surface area contributed by atoms with E-state index in [1.165, 1.54) is 22.4 Å². The molecule has 0 atom stereocenters. The maximum absolute atomic E-state index is 10.8. The van der Waals surface area contributed by atoms with Gasteiger partial charge in [-0.3, -0.25) is 0 Å². The average molecular weight is 213 g/mol. The molecular weight excluding hydrogens is 206 g/mol. The van der Waals surface area contributed by atoms with E-state index in [1.807, 2.05) is 0 Å². The van der Waals surface area contributed by atoms with Crippen LogP contribution in [0.3, 0.4) is 0 Å². The van der Waals surface area contributed by atoms with Crippen molar-refractivity contribution in [1.29, 1.82) is 0 Å². The summed E-state index contributed by atoms with van der Waals surface area (Å²) in [5.74, 6) is -1.07. The number of carboxylic acids is 2. The summed E-state index contributed by atoms with van der Waals surface area (Å²) < 4.78 is 1.54. The number of hydrogen-bond acceptors (Lipinski definition) is 3. The fourth-order valence-electron chi connectivity index (χ4n) is 1.49. The zero-order valence-corrected chi connectivity index (χ0v) is 7.87. The molecule has 5 nitrogen and oxygen atoms in total. The molecule has 6 heteroatoms. The lowest BCUT2D eigenvalue weighted by Gasteiger charge is -1.98. The first-order chi connectivity index (χ1) is 6.61. The van der Waals surface area contributed by atoms with Gasteiger partial charge in [-0.05, 0) is 6.07 Å². The van der Waals surface area contributed by atoms with Crippen molar-refractivity contribution in [3.8, 4) is 0 Å². The minimum atomic E-state index is -1.08. The Morgan fingerprint density at radius 1 is 1.36 bits per heavy atom. The Morgan fingerprint density at radius 2 is 2.07 bits per heavy atom. The first-order valence-corrected chi connectivity index (χ1v) is 5.03. The van der Waals surface area contributed by atoms with E-state index in [0.29, 0.717) is 17.3 Å². The molecule has 0 bridgehead atoms. The highest BCUT2D eigenvalue weighted by molar-refractivity contribution is 7.97. The van der Waals surface area contributed by atoms with E-state index < -0.39 is 11.9 Å². The van der Waals surface area contributed by atoms with Gasteiger partial charge in [0.05, 0.1) is 11.4 Å². The molecule has 1 aliphatic rings. The lowest BCUT2D eigenvalue weighted by atomic mass is 10.2. The lowest BCUT2D eigenvalue weighted by Crippen LogP contribution is -2.05. The van der Waals surface area contributed by atoms with Crippen molar-refractivity contribution in [1.82, 2.24) is 4.57 Å². The molecule has 1 aliphatic heterocycles. The van der Waals surface area contributed by atoms with Crippen LogP contribution in [-0.2, 0) is 11.6 Å². The molecule has 1 aromatic heterocycles. The first-order valence-electron chi connectivity index (χ1n) is 3.88. The smallest absolute Gasteiger partial charge is 0.352 e. The number of fused-ring (bicyclic) bond motifs is 1. The van der Waals surface area contributed by atoms with Gasteiger partial charge < -0.3 is 14.8 Å². The number of carbonyl (C=O) groups is 2. The molecule has 0 aliphatic carbocycles. The summed E-state index contributed by atoms with van der Waals surface area (Å²) in [5.41, 5.74) is 0.759. The van der Waals surface area contributed by atoms with Gasteiger partial charge in [0.2, 0.25) is 0 Å². The van der Waals surface area contributed by atoms with Crippen molar-refractivity contribution in [3.63, 3.8) is 0 Å². The van der Waals surface area contributed by atoms with E-state index in [-0.39, 0.29) is 11.3 Å². The Labute approximate surface area is 83.3 Å². The molecule has 14 heavy (non-hydrogen) atoms. The van der Waals surface area contributed by atoms with Crippen molar-refractivity contribution >= 4 is 23.7 Å². The van der Waals surface area contributed by atoms with Crippen molar-refractivity contribution in [2.75, 3.05) is 0 Å². The van der Waals surface area contributed by atoms with Crippen LogP contribution in [0.4, 0.5) is 0 Å². The molecule has 0 fully saturated rings. The van der Waals surface area contributed by atoms with E-state index in [0.717, 1.165) is 0 Å². The summed E-state index contributed by atoms with van der Waals surface area (Å²) >= 11 is 1.51. The highest BCUT2D eigenvalue weighted by atomic mass is 32.2. The molecule has 74 valence electrons. The predicted molar refractivity (Wildman–Crippen MR) is 49.6 cm³/mol. The van der Waals surface area contributed by atoms with Crippen LogP contribution in [0, 0.1) is 0 Å². The van der Waals surface area contributed by atoms with Gasteiger partial charge in [-0.15, -0.1) is 11.8 Å². The molecular formula is C8H7NO4S. The Hall–Kier alpha value is -1.43. The molecule has 0 saturated heterocycles. The van der Waals surface area contributed by atoms with Crippen LogP contribution in [-0.4, -0.2) is 26.7 Å². The first kappa shape index (κ1) is 9.14. The van der Waals surface area contributed by atoms with Crippen molar-refractivity contribution < 1.29 is 19.8 Å². The molecule has 2 N–H and O–H groups in total. The van der Waals surface area contributed by atoms with Crippen LogP contribution < -0.4 is 0 Å². The third-order valence-corrected chi connectivity index (χ3v) is 3.04. The fourth-order valence-corrected chi connectivity index (χ4v) is 2.56. The van der Waals surface area contributed by atoms with E-state index in [2.05, 4.69) is 0 Å². The second-order valence-corrected chi connectivity index (χ2v) is 3.86. The SMILES string of the molecule is O=C(O)c1cc(C(=O)O)n2c1CSC2. The van der Waals surface area contributed by atoms with Crippen molar-refractivity contribution in [3.05, 3.63) is 23.0 Å². The number of rotatable bonds is 2. The molecule has 2 heterocycles. The summed E-state index contributed by atoms with van der Waals surface area (Å²) in [5, 5.41) is 17.6. The second kappa shape index (κ2) is 3.06. The van der Waals surface area contributed by atoms with E-state index in [4.69, 9.17) is 10.2 Å². The Balaban J connectivity index is 2.60. The molecule has 0 unspecified atom stereocenters. The lowest BCUT2D eigenvalue weighted by molar-refractivity contribution is 0.0683. The highest BCUT2D eigenvalue weighted by Crippen LogP contribution is 2.30. The van der Waals surface area contributed by atoms with E-state index in [9.17, 15) is 9.59 Å². The summed E-state index contributed by atoms with van der Waals surface area (Å²) in [6, 6.07) is 1.22. The number of carboxylic acid groups (broad SMARTS) is 2. The minimum Gasteiger partial charge on any atom is -0.478 e. The predicted octanol–water partition coefficient (Wildman–Crippen LogP) is 1.09. The van der Waals surface area contributed by atoms with Crippen LogP contribution in [0.15, 0.2) is 6.07 Å². The number of nitrogens with zero attached hydrogens (tertiary/aromatic N) is 1. The normalized spacial score (nSPS) is 14.0. The number of thioether (sulfide) groups is 1. The van der Waals surface area contributed by atoms with Crippen LogP contribution in [0.5, 0.6) is 0 Å². The minimum absolute atomic E-state index is 0.0578.